The minimum absolute atomic E-state index is 0.759. The van der Waals surface area contributed by atoms with Crippen molar-refractivity contribution in [2.24, 2.45) is 0 Å². The number of rotatable bonds is 6. The molecular formula is C16H23N3S. The molecule has 0 atom stereocenters. The first-order chi connectivity index (χ1) is 9.78. The van der Waals surface area contributed by atoms with Crippen LogP contribution in [0.25, 0.3) is 0 Å². The number of aromatic nitrogens is 1. The molecule has 108 valence electrons. The second-order valence-electron chi connectivity index (χ2n) is 5.14. The quantitative estimate of drug-likeness (QED) is 0.754. The van der Waals surface area contributed by atoms with Gasteiger partial charge in [-0.25, -0.2) is 4.98 Å². The Hall–Kier alpha value is -1.05. The van der Waals surface area contributed by atoms with Crippen LogP contribution in [0, 0.1) is 11.3 Å². The number of hydrogen-bond acceptors (Lipinski definition) is 4. The average Bonchev–Trinajstić information content (AvgIpc) is 2.50. The molecule has 0 saturated heterocycles. The zero-order chi connectivity index (χ0) is 14.4. The fraction of sp³-hybridized carbons (Fsp3) is 0.625. The van der Waals surface area contributed by atoms with Crippen molar-refractivity contribution in [2.75, 3.05) is 25.4 Å². The molecule has 20 heavy (non-hydrogen) atoms. The number of nitrogens with zero attached hydrogens (tertiary/aromatic N) is 3. The van der Waals surface area contributed by atoms with Crippen LogP contribution in [-0.4, -0.2) is 35.3 Å². The first kappa shape index (κ1) is 15.3. The van der Waals surface area contributed by atoms with E-state index >= 15 is 0 Å². The number of fused-ring (bicyclic) bond motifs is 1. The van der Waals surface area contributed by atoms with Crippen molar-refractivity contribution in [1.29, 1.82) is 5.26 Å². The number of thioether (sulfide) groups is 1. The van der Waals surface area contributed by atoms with E-state index in [1.165, 1.54) is 24.1 Å². The highest BCUT2D eigenvalue weighted by atomic mass is 32.2. The summed E-state index contributed by atoms with van der Waals surface area (Å²) in [6, 6.07) is 4.39. The molecule has 1 aromatic rings. The predicted octanol–water partition coefficient (Wildman–Crippen LogP) is 3.27. The summed E-state index contributed by atoms with van der Waals surface area (Å²) in [5, 5.41) is 10.2. The second-order valence-corrected chi connectivity index (χ2v) is 6.22. The number of hydrogen-bond donors (Lipinski definition) is 0. The van der Waals surface area contributed by atoms with E-state index < -0.39 is 0 Å². The molecule has 0 spiro atoms. The van der Waals surface area contributed by atoms with Gasteiger partial charge in [-0.1, -0.05) is 13.8 Å². The van der Waals surface area contributed by atoms with Crippen molar-refractivity contribution in [3.8, 4) is 6.07 Å². The van der Waals surface area contributed by atoms with E-state index in [4.69, 9.17) is 4.98 Å². The Kier molecular flexibility index (Phi) is 5.87. The van der Waals surface area contributed by atoms with Gasteiger partial charge in [0.25, 0.3) is 0 Å². The Morgan fingerprint density at radius 1 is 1.30 bits per heavy atom. The van der Waals surface area contributed by atoms with Crippen LogP contribution < -0.4 is 0 Å². The number of aryl methyl sites for hydroxylation is 2. The van der Waals surface area contributed by atoms with Gasteiger partial charge in [0.2, 0.25) is 0 Å². The summed E-state index contributed by atoms with van der Waals surface area (Å²) in [4.78, 5) is 7.15. The molecule has 0 unspecified atom stereocenters. The minimum Gasteiger partial charge on any atom is -0.303 e. The molecule has 0 radical (unpaired) electrons. The van der Waals surface area contributed by atoms with Gasteiger partial charge < -0.3 is 4.90 Å². The molecular weight excluding hydrogens is 266 g/mol. The first-order valence-corrected chi connectivity index (χ1v) is 8.55. The van der Waals surface area contributed by atoms with E-state index in [0.29, 0.717) is 0 Å². The van der Waals surface area contributed by atoms with Crippen LogP contribution in [0.3, 0.4) is 0 Å². The summed E-state index contributed by atoms with van der Waals surface area (Å²) in [5.41, 5.74) is 3.27. The third-order valence-corrected chi connectivity index (χ3v) is 4.90. The molecule has 3 nitrogen and oxygen atoms in total. The lowest BCUT2D eigenvalue weighted by molar-refractivity contribution is 0.324. The van der Waals surface area contributed by atoms with Crippen molar-refractivity contribution >= 4 is 11.8 Å². The van der Waals surface area contributed by atoms with Crippen LogP contribution in [0.4, 0.5) is 0 Å². The molecule has 1 heterocycles. The molecule has 0 amide bonds. The van der Waals surface area contributed by atoms with Gasteiger partial charge in [0.15, 0.2) is 0 Å². The van der Waals surface area contributed by atoms with Gasteiger partial charge in [-0.15, -0.1) is 11.8 Å². The highest BCUT2D eigenvalue weighted by molar-refractivity contribution is 7.99. The van der Waals surface area contributed by atoms with Crippen molar-refractivity contribution in [3.63, 3.8) is 0 Å². The lowest BCUT2D eigenvalue weighted by atomic mass is 9.95. The SMILES string of the molecule is CCN(CC)CCSc1nc2c(cc1C#N)CCCC2. The zero-order valence-electron chi connectivity index (χ0n) is 12.5. The van der Waals surface area contributed by atoms with Crippen molar-refractivity contribution < 1.29 is 0 Å². The molecule has 4 heteroatoms. The maximum absolute atomic E-state index is 9.31. The Labute approximate surface area is 126 Å². The third kappa shape index (κ3) is 3.74. The second kappa shape index (κ2) is 7.66. The lowest BCUT2D eigenvalue weighted by Gasteiger charge is -2.19. The Bertz CT molecular complexity index is 489. The van der Waals surface area contributed by atoms with E-state index in [0.717, 1.165) is 48.8 Å². The van der Waals surface area contributed by atoms with Crippen molar-refractivity contribution in [3.05, 3.63) is 22.9 Å². The Morgan fingerprint density at radius 2 is 2.05 bits per heavy atom. The fourth-order valence-electron chi connectivity index (χ4n) is 2.62. The smallest absolute Gasteiger partial charge is 0.114 e. The zero-order valence-corrected chi connectivity index (χ0v) is 13.3. The van der Waals surface area contributed by atoms with Gasteiger partial charge in [-0.2, -0.15) is 5.26 Å². The Morgan fingerprint density at radius 3 is 2.75 bits per heavy atom. The van der Waals surface area contributed by atoms with Crippen LogP contribution in [0.1, 0.15) is 43.5 Å². The van der Waals surface area contributed by atoms with Crippen LogP contribution in [0.15, 0.2) is 11.1 Å². The van der Waals surface area contributed by atoms with Crippen molar-refractivity contribution in [1.82, 2.24) is 9.88 Å². The third-order valence-electron chi connectivity index (χ3n) is 3.93. The summed E-state index contributed by atoms with van der Waals surface area (Å²) in [6.07, 6.45) is 4.62. The molecule has 1 aliphatic carbocycles. The van der Waals surface area contributed by atoms with Gasteiger partial charge in [0.05, 0.1) is 5.56 Å². The molecule has 0 aliphatic heterocycles. The first-order valence-electron chi connectivity index (χ1n) is 7.56. The van der Waals surface area contributed by atoms with E-state index in [-0.39, 0.29) is 0 Å². The molecule has 0 bridgehead atoms. The molecule has 0 aromatic carbocycles. The average molecular weight is 289 g/mol. The summed E-state index contributed by atoms with van der Waals surface area (Å²) < 4.78 is 0. The molecule has 1 aliphatic rings. The maximum atomic E-state index is 9.31. The molecule has 0 N–H and O–H groups in total. The van der Waals surface area contributed by atoms with Gasteiger partial charge in [-0.3, -0.25) is 0 Å². The predicted molar refractivity (Wildman–Crippen MR) is 84.1 cm³/mol. The van der Waals surface area contributed by atoms with E-state index in [1.807, 2.05) is 0 Å². The summed E-state index contributed by atoms with van der Waals surface area (Å²) in [6.45, 7) is 7.60. The largest absolute Gasteiger partial charge is 0.303 e. The van der Waals surface area contributed by atoms with Crippen LogP contribution in [0.5, 0.6) is 0 Å². The lowest BCUT2D eigenvalue weighted by Crippen LogP contribution is -2.25. The topological polar surface area (TPSA) is 39.9 Å². The monoisotopic (exact) mass is 289 g/mol. The normalized spacial score (nSPS) is 14.1. The standard InChI is InChI=1S/C16H23N3S/c1-3-19(4-2)9-10-20-16-14(12-17)11-13-7-5-6-8-15(13)18-16/h11H,3-10H2,1-2H3. The van der Waals surface area contributed by atoms with Crippen LogP contribution >= 0.6 is 11.8 Å². The van der Waals surface area contributed by atoms with E-state index in [2.05, 4.69) is 30.9 Å². The highest BCUT2D eigenvalue weighted by Gasteiger charge is 2.15. The van der Waals surface area contributed by atoms with E-state index in [1.54, 1.807) is 11.8 Å². The summed E-state index contributed by atoms with van der Waals surface area (Å²) >= 11 is 1.73. The van der Waals surface area contributed by atoms with Crippen LogP contribution in [0.2, 0.25) is 0 Å². The number of nitriles is 1. The van der Waals surface area contributed by atoms with Gasteiger partial charge in [0, 0.05) is 18.0 Å². The maximum Gasteiger partial charge on any atom is 0.114 e. The summed E-state index contributed by atoms with van der Waals surface area (Å²) in [7, 11) is 0. The molecule has 1 aromatic heterocycles. The van der Waals surface area contributed by atoms with Crippen LogP contribution in [-0.2, 0) is 12.8 Å². The molecule has 2 rings (SSSR count). The highest BCUT2D eigenvalue weighted by Crippen LogP contribution is 2.27. The molecule has 0 fully saturated rings. The fourth-order valence-corrected chi connectivity index (χ4v) is 3.59. The summed E-state index contributed by atoms with van der Waals surface area (Å²) in [5.74, 6) is 1.00. The minimum atomic E-state index is 0.759. The molecule has 0 saturated carbocycles. The Balaban J connectivity index is 2.05. The van der Waals surface area contributed by atoms with E-state index in [9.17, 15) is 5.26 Å². The number of pyridine rings is 1. The van der Waals surface area contributed by atoms with Gasteiger partial charge in [-0.05, 0) is 50.4 Å². The van der Waals surface area contributed by atoms with Crippen molar-refractivity contribution in [2.45, 2.75) is 44.6 Å². The van der Waals surface area contributed by atoms with Gasteiger partial charge in [0.1, 0.15) is 11.1 Å². The van der Waals surface area contributed by atoms with Gasteiger partial charge >= 0.3 is 0 Å².